The topological polar surface area (TPSA) is 59.1 Å². The van der Waals surface area contributed by atoms with Gasteiger partial charge in [0, 0.05) is 11.1 Å². The standard InChI is InChI=1S/C13H16N2O2S2/c1-13(2,3)10-5-4-6-11(7-10)15-19(16,17)12-8-18-9-14-12/h4-9,15H,1-3H3. The lowest BCUT2D eigenvalue weighted by Crippen LogP contribution is -2.15. The Kier molecular flexibility index (Phi) is 3.64. The van der Waals surface area contributed by atoms with Crippen LogP contribution in [0.3, 0.4) is 0 Å². The summed E-state index contributed by atoms with van der Waals surface area (Å²) in [6, 6.07) is 7.42. The van der Waals surface area contributed by atoms with Crippen LogP contribution in [0.1, 0.15) is 26.3 Å². The minimum Gasteiger partial charge on any atom is -0.278 e. The molecule has 0 aliphatic rings. The number of rotatable bonds is 3. The van der Waals surface area contributed by atoms with Crippen LogP contribution in [0.15, 0.2) is 40.2 Å². The van der Waals surface area contributed by atoms with Gasteiger partial charge in [-0.3, -0.25) is 4.72 Å². The number of nitrogens with one attached hydrogen (secondary N) is 1. The summed E-state index contributed by atoms with van der Waals surface area (Å²) in [7, 11) is -3.58. The molecule has 0 unspecified atom stereocenters. The predicted molar refractivity (Wildman–Crippen MR) is 78.1 cm³/mol. The van der Waals surface area contributed by atoms with E-state index >= 15 is 0 Å². The number of thiazole rings is 1. The summed E-state index contributed by atoms with van der Waals surface area (Å²) in [5.41, 5.74) is 3.11. The Morgan fingerprint density at radius 3 is 2.58 bits per heavy atom. The van der Waals surface area contributed by atoms with E-state index < -0.39 is 10.0 Å². The molecule has 0 saturated heterocycles. The number of hydrogen-bond acceptors (Lipinski definition) is 4. The zero-order valence-corrected chi connectivity index (χ0v) is 12.7. The van der Waals surface area contributed by atoms with Gasteiger partial charge in [0.25, 0.3) is 10.0 Å². The molecule has 0 amide bonds. The number of benzene rings is 1. The summed E-state index contributed by atoms with van der Waals surface area (Å²) in [6.07, 6.45) is 0. The normalized spacial score (nSPS) is 12.4. The minimum atomic E-state index is -3.58. The van der Waals surface area contributed by atoms with E-state index in [-0.39, 0.29) is 10.4 Å². The maximum atomic E-state index is 12.1. The van der Waals surface area contributed by atoms with E-state index in [9.17, 15) is 8.42 Å². The molecular weight excluding hydrogens is 280 g/mol. The highest BCUT2D eigenvalue weighted by Crippen LogP contribution is 2.25. The zero-order valence-electron chi connectivity index (χ0n) is 11.0. The SMILES string of the molecule is CC(C)(C)c1cccc(NS(=O)(=O)c2cscn2)c1. The van der Waals surface area contributed by atoms with E-state index in [1.165, 1.54) is 22.2 Å². The van der Waals surface area contributed by atoms with Crippen molar-refractivity contribution in [1.82, 2.24) is 4.98 Å². The van der Waals surface area contributed by atoms with Crippen molar-refractivity contribution in [3.63, 3.8) is 0 Å². The Bertz CT molecular complexity index is 656. The van der Waals surface area contributed by atoms with Crippen molar-refractivity contribution < 1.29 is 8.42 Å². The molecule has 0 spiro atoms. The van der Waals surface area contributed by atoms with Gasteiger partial charge in [0.2, 0.25) is 0 Å². The fraction of sp³-hybridized carbons (Fsp3) is 0.308. The molecule has 6 heteroatoms. The van der Waals surface area contributed by atoms with Gasteiger partial charge in [-0.25, -0.2) is 4.98 Å². The van der Waals surface area contributed by atoms with E-state index in [1.54, 1.807) is 6.07 Å². The Labute approximate surface area is 117 Å². The first-order valence-electron chi connectivity index (χ1n) is 5.80. The van der Waals surface area contributed by atoms with E-state index in [2.05, 4.69) is 30.5 Å². The third-order valence-corrected chi connectivity index (χ3v) is 4.68. The van der Waals surface area contributed by atoms with Crippen molar-refractivity contribution in [2.45, 2.75) is 31.2 Å². The first-order valence-corrected chi connectivity index (χ1v) is 8.23. The number of sulfonamides is 1. The molecule has 1 aromatic heterocycles. The van der Waals surface area contributed by atoms with Crippen LogP contribution in [0.5, 0.6) is 0 Å². The molecule has 19 heavy (non-hydrogen) atoms. The van der Waals surface area contributed by atoms with Gasteiger partial charge in [-0.2, -0.15) is 8.42 Å². The van der Waals surface area contributed by atoms with Crippen molar-refractivity contribution in [2.24, 2.45) is 0 Å². The zero-order chi connectivity index (χ0) is 14.1. The highest BCUT2D eigenvalue weighted by molar-refractivity contribution is 7.92. The lowest BCUT2D eigenvalue weighted by atomic mass is 9.87. The third-order valence-electron chi connectivity index (χ3n) is 2.67. The van der Waals surface area contributed by atoms with Crippen molar-refractivity contribution in [3.05, 3.63) is 40.7 Å². The maximum Gasteiger partial charge on any atom is 0.280 e. The maximum absolute atomic E-state index is 12.1. The molecule has 0 aliphatic heterocycles. The Morgan fingerprint density at radius 1 is 1.26 bits per heavy atom. The van der Waals surface area contributed by atoms with Crippen molar-refractivity contribution in [3.8, 4) is 0 Å². The van der Waals surface area contributed by atoms with E-state index in [4.69, 9.17) is 0 Å². The molecule has 0 radical (unpaired) electrons. The fourth-order valence-electron chi connectivity index (χ4n) is 1.59. The molecule has 4 nitrogen and oxygen atoms in total. The van der Waals surface area contributed by atoms with Crippen LogP contribution in [0, 0.1) is 0 Å². The Balaban J connectivity index is 2.30. The molecule has 0 bridgehead atoms. The molecule has 0 fully saturated rings. The Hall–Kier alpha value is -1.40. The van der Waals surface area contributed by atoms with Crippen LogP contribution in [-0.2, 0) is 15.4 Å². The van der Waals surface area contributed by atoms with E-state index in [1.807, 2.05) is 18.2 Å². The second-order valence-corrected chi connectivity index (χ2v) is 7.61. The number of anilines is 1. The predicted octanol–water partition coefficient (Wildman–Crippen LogP) is 3.24. The van der Waals surface area contributed by atoms with Crippen LogP contribution in [0.2, 0.25) is 0 Å². The average Bonchev–Trinajstić information content (AvgIpc) is 2.81. The first kappa shape index (κ1) is 14.0. The van der Waals surface area contributed by atoms with E-state index in [0.29, 0.717) is 5.69 Å². The summed E-state index contributed by atoms with van der Waals surface area (Å²) < 4.78 is 26.7. The molecule has 1 aromatic carbocycles. The van der Waals surface area contributed by atoms with Gasteiger partial charge in [-0.05, 0) is 23.1 Å². The average molecular weight is 296 g/mol. The molecular formula is C13H16N2O2S2. The molecule has 102 valence electrons. The van der Waals surface area contributed by atoms with Gasteiger partial charge in [-0.1, -0.05) is 32.9 Å². The summed E-state index contributed by atoms with van der Waals surface area (Å²) >= 11 is 1.25. The fourth-order valence-corrected chi connectivity index (χ4v) is 3.48. The summed E-state index contributed by atoms with van der Waals surface area (Å²) in [6.45, 7) is 6.25. The van der Waals surface area contributed by atoms with E-state index in [0.717, 1.165) is 5.56 Å². The van der Waals surface area contributed by atoms with Crippen molar-refractivity contribution >= 4 is 27.0 Å². The first-order chi connectivity index (χ1) is 8.79. The number of hydrogen-bond donors (Lipinski definition) is 1. The summed E-state index contributed by atoms with van der Waals surface area (Å²) in [4.78, 5) is 3.82. The van der Waals surface area contributed by atoms with Gasteiger partial charge >= 0.3 is 0 Å². The van der Waals surface area contributed by atoms with Gasteiger partial charge in [-0.15, -0.1) is 11.3 Å². The van der Waals surface area contributed by atoms with Gasteiger partial charge in [0.1, 0.15) is 0 Å². The Morgan fingerprint density at radius 2 is 2.00 bits per heavy atom. The molecule has 1 heterocycles. The van der Waals surface area contributed by atoms with Crippen LogP contribution in [0.25, 0.3) is 0 Å². The third kappa shape index (κ3) is 3.33. The van der Waals surface area contributed by atoms with Crippen LogP contribution in [-0.4, -0.2) is 13.4 Å². The molecule has 0 aliphatic carbocycles. The summed E-state index contributed by atoms with van der Waals surface area (Å²) in [5, 5.41) is 1.56. The van der Waals surface area contributed by atoms with Crippen LogP contribution >= 0.6 is 11.3 Å². The van der Waals surface area contributed by atoms with Crippen molar-refractivity contribution in [2.75, 3.05) is 4.72 Å². The van der Waals surface area contributed by atoms with Gasteiger partial charge in [0.05, 0.1) is 5.51 Å². The smallest absolute Gasteiger partial charge is 0.278 e. The van der Waals surface area contributed by atoms with Crippen LogP contribution < -0.4 is 4.72 Å². The summed E-state index contributed by atoms with van der Waals surface area (Å²) in [5.74, 6) is 0. The monoisotopic (exact) mass is 296 g/mol. The second-order valence-electron chi connectivity index (χ2n) is 5.26. The van der Waals surface area contributed by atoms with Crippen molar-refractivity contribution in [1.29, 1.82) is 0 Å². The highest BCUT2D eigenvalue weighted by Gasteiger charge is 2.18. The molecule has 1 N–H and O–H groups in total. The molecule has 2 aromatic rings. The minimum absolute atomic E-state index is 0.0257. The molecule has 0 saturated carbocycles. The highest BCUT2D eigenvalue weighted by atomic mass is 32.2. The van der Waals surface area contributed by atoms with Gasteiger partial charge < -0.3 is 0 Å². The van der Waals surface area contributed by atoms with Gasteiger partial charge in [0.15, 0.2) is 5.03 Å². The molecule has 0 atom stereocenters. The number of nitrogens with zero attached hydrogens (tertiary/aromatic N) is 1. The van der Waals surface area contributed by atoms with Crippen LogP contribution in [0.4, 0.5) is 5.69 Å². The largest absolute Gasteiger partial charge is 0.280 e. The second kappa shape index (κ2) is 4.94. The number of aromatic nitrogens is 1. The quantitative estimate of drug-likeness (QED) is 0.946. The lowest BCUT2D eigenvalue weighted by Gasteiger charge is -2.19. The lowest BCUT2D eigenvalue weighted by molar-refractivity contribution is 0.589. The molecule has 2 rings (SSSR count).